The van der Waals surface area contributed by atoms with Crippen LogP contribution in [0.15, 0.2) is 24.3 Å². The van der Waals surface area contributed by atoms with Gasteiger partial charge in [0, 0.05) is 12.6 Å². The number of ether oxygens (including phenoxy) is 1. The molecule has 1 atom stereocenters. The highest BCUT2D eigenvalue weighted by atomic mass is 16.5. The van der Waals surface area contributed by atoms with E-state index in [1.165, 1.54) is 24.0 Å². The second kappa shape index (κ2) is 5.65. The summed E-state index contributed by atoms with van der Waals surface area (Å²) < 4.78 is 5.57. The first kappa shape index (κ1) is 12.6. The number of hydrogen-bond donors (Lipinski definition) is 1. The van der Waals surface area contributed by atoms with E-state index in [0.29, 0.717) is 6.10 Å². The van der Waals surface area contributed by atoms with Crippen LogP contribution in [-0.2, 0) is 4.74 Å². The molecule has 2 heteroatoms. The molecule has 1 aromatic rings. The van der Waals surface area contributed by atoms with Crippen molar-refractivity contribution in [2.75, 3.05) is 6.61 Å². The fraction of sp³-hybridized carbons (Fsp3) is 0.600. The van der Waals surface area contributed by atoms with Crippen LogP contribution in [0.4, 0.5) is 0 Å². The lowest BCUT2D eigenvalue weighted by Crippen LogP contribution is -2.33. The summed E-state index contributed by atoms with van der Waals surface area (Å²) in [7, 11) is 0. The van der Waals surface area contributed by atoms with Gasteiger partial charge in [0.25, 0.3) is 0 Å². The topological polar surface area (TPSA) is 35.2 Å². The van der Waals surface area contributed by atoms with E-state index in [-0.39, 0.29) is 6.04 Å². The van der Waals surface area contributed by atoms with Crippen molar-refractivity contribution in [3.63, 3.8) is 0 Å². The Morgan fingerprint density at radius 1 is 1.29 bits per heavy atom. The van der Waals surface area contributed by atoms with Crippen LogP contribution in [0, 0.1) is 12.8 Å². The van der Waals surface area contributed by atoms with Gasteiger partial charge in [0.1, 0.15) is 0 Å². The van der Waals surface area contributed by atoms with Crippen LogP contribution < -0.4 is 5.73 Å². The van der Waals surface area contributed by atoms with Gasteiger partial charge < -0.3 is 10.5 Å². The van der Waals surface area contributed by atoms with E-state index in [1.807, 2.05) is 0 Å². The lowest BCUT2D eigenvalue weighted by atomic mass is 9.77. The summed E-state index contributed by atoms with van der Waals surface area (Å²) >= 11 is 0. The molecule has 0 heterocycles. The molecule has 0 amide bonds. The molecule has 0 bridgehead atoms. The van der Waals surface area contributed by atoms with E-state index in [1.54, 1.807) is 0 Å². The highest BCUT2D eigenvalue weighted by molar-refractivity contribution is 5.23. The van der Waals surface area contributed by atoms with Crippen molar-refractivity contribution >= 4 is 0 Å². The van der Waals surface area contributed by atoms with Crippen molar-refractivity contribution in [3.8, 4) is 0 Å². The van der Waals surface area contributed by atoms with Crippen LogP contribution in [0.25, 0.3) is 0 Å². The van der Waals surface area contributed by atoms with Gasteiger partial charge in [-0.3, -0.25) is 0 Å². The molecular weight excluding hydrogens is 210 g/mol. The van der Waals surface area contributed by atoms with E-state index in [9.17, 15) is 0 Å². The van der Waals surface area contributed by atoms with Gasteiger partial charge in [-0.15, -0.1) is 0 Å². The molecule has 2 rings (SSSR count). The van der Waals surface area contributed by atoms with Gasteiger partial charge in [0.15, 0.2) is 0 Å². The van der Waals surface area contributed by atoms with Crippen LogP contribution in [0.1, 0.15) is 43.4 Å². The number of nitrogens with two attached hydrogens (primary N) is 1. The van der Waals surface area contributed by atoms with Crippen molar-refractivity contribution in [1.82, 2.24) is 0 Å². The van der Waals surface area contributed by atoms with Crippen molar-refractivity contribution in [2.24, 2.45) is 11.7 Å². The summed E-state index contributed by atoms with van der Waals surface area (Å²) in [4.78, 5) is 0. The normalized spacial score (nSPS) is 25.4. The Bertz CT molecular complexity index is 340. The summed E-state index contributed by atoms with van der Waals surface area (Å²) in [6.07, 6.45) is 3.96. The van der Waals surface area contributed by atoms with Crippen molar-refractivity contribution < 1.29 is 4.74 Å². The summed E-state index contributed by atoms with van der Waals surface area (Å²) in [5.74, 6) is 0.753. The summed E-state index contributed by atoms with van der Waals surface area (Å²) in [6, 6.07) is 8.76. The minimum atomic E-state index is 0.183. The zero-order chi connectivity index (χ0) is 12.3. The standard InChI is InChI=1S/C15H23NO/c1-3-17-14-8-12(9-14)10-15(16)13-6-4-11(2)5-7-13/h4-7,12,14-15H,3,8-10,16H2,1-2H3. The van der Waals surface area contributed by atoms with Gasteiger partial charge in [-0.2, -0.15) is 0 Å². The molecule has 1 aliphatic carbocycles. The van der Waals surface area contributed by atoms with Crippen LogP contribution in [0.5, 0.6) is 0 Å². The summed E-state index contributed by atoms with van der Waals surface area (Å²) in [5, 5.41) is 0. The smallest absolute Gasteiger partial charge is 0.0580 e. The van der Waals surface area contributed by atoms with Crippen LogP contribution >= 0.6 is 0 Å². The van der Waals surface area contributed by atoms with Gasteiger partial charge >= 0.3 is 0 Å². The average Bonchev–Trinajstić information content (AvgIpc) is 2.27. The summed E-state index contributed by atoms with van der Waals surface area (Å²) in [5.41, 5.74) is 8.79. The number of aryl methyl sites for hydroxylation is 1. The molecule has 1 aromatic carbocycles. The first-order valence-corrected chi connectivity index (χ1v) is 6.62. The van der Waals surface area contributed by atoms with Crippen LogP contribution in [0.3, 0.4) is 0 Å². The van der Waals surface area contributed by atoms with Crippen molar-refractivity contribution in [3.05, 3.63) is 35.4 Å². The molecule has 1 aliphatic rings. The zero-order valence-corrected chi connectivity index (χ0v) is 10.9. The van der Waals surface area contributed by atoms with Crippen LogP contribution in [0.2, 0.25) is 0 Å². The highest BCUT2D eigenvalue weighted by Gasteiger charge is 2.30. The van der Waals surface area contributed by atoms with E-state index >= 15 is 0 Å². The molecule has 0 aliphatic heterocycles. The summed E-state index contributed by atoms with van der Waals surface area (Å²) in [6.45, 7) is 5.00. The molecular formula is C15H23NO. The second-order valence-corrected chi connectivity index (χ2v) is 5.17. The lowest BCUT2D eigenvalue weighted by molar-refractivity contribution is -0.0282. The second-order valence-electron chi connectivity index (χ2n) is 5.17. The first-order chi connectivity index (χ1) is 8.19. The minimum absolute atomic E-state index is 0.183. The Kier molecular flexibility index (Phi) is 4.19. The Morgan fingerprint density at radius 2 is 1.94 bits per heavy atom. The monoisotopic (exact) mass is 233 g/mol. The molecule has 1 fully saturated rings. The minimum Gasteiger partial charge on any atom is -0.378 e. The number of rotatable bonds is 5. The average molecular weight is 233 g/mol. The van der Waals surface area contributed by atoms with Gasteiger partial charge in [0.05, 0.1) is 6.10 Å². The molecule has 2 nitrogen and oxygen atoms in total. The molecule has 94 valence electrons. The quantitative estimate of drug-likeness (QED) is 0.847. The fourth-order valence-corrected chi connectivity index (χ4v) is 2.55. The molecule has 0 spiro atoms. The fourth-order valence-electron chi connectivity index (χ4n) is 2.55. The molecule has 1 saturated carbocycles. The van der Waals surface area contributed by atoms with Gasteiger partial charge in [-0.05, 0) is 44.6 Å². The Labute approximate surface area is 104 Å². The predicted molar refractivity (Wildman–Crippen MR) is 70.9 cm³/mol. The van der Waals surface area contributed by atoms with Gasteiger partial charge in [-0.1, -0.05) is 29.8 Å². The van der Waals surface area contributed by atoms with Gasteiger partial charge in [0.2, 0.25) is 0 Å². The molecule has 0 radical (unpaired) electrons. The number of hydrogen-bond acceptors (Lipinski definition) is 2. The number of benzene rings is 1. The first-order valence-electron chi connectivity index (χ1n) is 6.62. The maximum atomic E-state index is 6.23. The van der Waals surface area contributed by atoms with Crippen molar-refractivity contribution in [2.45, 2.75) is 45.3 Å². The molecule has 17 heavy (non-hydrogen) atoms. The van der Waals surface area contributed by atoms with Crippen LogP contribution in [-0.4, -0.2) is 12.7 Å². The van der Waals surface area contributed by atoms with E-state index < -0.39 is 0 Å². The Balaban J connectivity index is 1.78. The maximum absolute atomic E-state index is 6.23. The van der Waals surface area contributed by atoms with Gasteiger partial charge in [-0.25, -0.2) is 0 Å². The third kappa shape index (κ3) is 3.30. The van der Waals surface area contributed by atoms with E-state index in [0.717, 1.165) is 18.9 Å². The third-order valence-corrected chi connectivity index (χ3v) is 3.69. The highest BCUT2D eigenvalue weighted by Crippen LogP contribution is 2.36. The molecule has 0 aromatic heterocycles. The third-order valence-electron chi connectivity index (χ3n) is 3.69. The lowest BCUT2D eigenvalue weighted by Gasteiger charge is -2.36. The molecule has 0 saturated heterocycles. The predicted octanol–water partition coefficient (Wildman–Crippen LogP) is 3.20. The Morgan fingerprint density at radius 3 is 2.53 bits per heavy atom. The van der Waals surface area contributed by atoms with E-state index in [4.69, 9.17) is 10.5 Å². The zero-order valence-electron chi connectivity index (χ0n) is 10.9. The molecule has 2 N–H and O–H groups in total. The molecule has 1 unspecified atom stereocenters. The maximum Gasteiger partial charge on any atom is 0.0580 e. The largest absolute Gasteiger partial charge is 0.378 e. The van der Waals surface area contributed by atoms with Crippen molar-refractivity contribution in [1.29, 1.82) is 0 Å². The SMILES string of the molecule is CCOC1CC(CC(N)c2ccc(C)cc2)C1. The van der Waals surface area contributed by atoms with E-state index in [2.05, 4.69) is 38.1 Å². The Hall–Kier alpha value is -0.860.